The lowest BCUT2D eigenvalue weighted by molar-refractivity contribution is 0.308. The molecule has 0 radical (unpaired) electrons. The molecular weight excluding hydrogens is 157 g/mol. The summed E-state index contributed by atoms with van der Waals surface area (Å²) < 4.78 is 0. The number of hydrogen-bond donors (Lipinski definition) is 0. The second-order valence-corrected chi connectivity index (χ2v) is 2.67. The number of rotatable bonds is 3. The van der Waals surface area contributed by atoms with Gasteiger partial charge in [-0.2, -0.15) is 0 Å². The normalized spacial score (nSPS) is 13.0. The molecule has 58 valence electrons. The molecule has 0 aromatic rings. The van der Waals surface area contributed by atoms with Gasteiger partial charge in [-0.1, -0.05) is 0 Å². The summed E-state index contributed by atoms with van der Waals surface area (Å²) >= 11 is 5.51. The fourth-order valence-electron chi connectivity index (χ4n) is 0.416. The van der Waals surface area contributed by atoms with Gasteiger partial charge in [0.2, 0.25) is 0 Å². The van der Waals surface area contributed by atoms with Crippen molar-refractivity contribution < 1.29 is 0 Å². The maximum atomic E-state index is 5.51. The van der Waals surface area contributed by atoms with Crippen molar-refractivity contribution in [2.24, 2.45) is 0 Å². The first-order chi connectivity index (χ1) is 3.68. The fraction of sp³-hybridized carbons (Fsp3) is 1.00. The van der Waals surface area contributed by atoms with E-state index in [0.29, 0.717) is 6.04 Å². The van der Waals surface area contributed by atoms with Crippen LogP contribution in [-0.2, 0) is 0 Å². The van der Waals surface area contributed by atoms with E-state index in [-0.39, 0.29) is 12.4 Å². The van der Waals surface area contributed by atoms with Crippen molar-refractivity contribution in [2.45, 2.75) is 19.4 Å². The van der Waals surface area contributed by atoms with Crippen LogP contribution in [0.5, 0.6) is 0 Å². The van der Waals surface area contributed by atoms with Gasteiger partial charge in [0.25, 0.3) is 0 Å². The monoisotopic (exact) mass is 171 g/mol. The molecule has 1 atom stereocenters. The smallest absolute Gasteiger partial charge is 0.0238 e. The minimum absolute atomic E-state index is 0. The predicted octanol–water partition coefficient (Wildman–Crippen LogP) is 1.99. The van der Waals surface area contributed by atoms with E-state index in [4.69, 9.17) is 11.6 Å². The molecule has 0 aliphatic carbocycles. The predicted molar refractivity (Wildman–Crippen MR) is 45.7 cm³/mol. The topological polar surface area (TPSA) is 3.24 Å². The first-order valence-corrected chi connectivity index (χ1v) is 3.44. The SMILES string of the molecule is CC(CCCl)N(C)C.Cl. The van der Waals surface area contributed by atoms with E-state index in [1.54, 1.807) is 0 Å². The maximum absolute atomic E-state index is 5.51. The molecule has 0 amide bonds. The summed E-state index contributed by atoms with van der Waals surface area (Å²) in [5.74, 6) is 0.763. The Morgan fingerprint density at radius 2 is 1.89 bits per heavy atom. The molecule has 0 aromatic heterocycles. The lowest BCUT2D eigenvalue weighted by Crippen LogP contribution is -2.24. The Morgan fingerprint density at radius 3 is 2.00 bits per heavy atom. The number of nitrogens with zero attached hydrogens (tertiary/aromatic N) is 1. The van der Waals surface area contributed by atoms with Crippen LogP contribution in [0.3, 0.4) is 0 Å². The summed E-state index contributed by atoms with van der Waals surface area (Å²) in [5, 5.41) is 0. The van der Waals surface area contributed by atoms with Crippen molar-refractivity contribution in [1.29, 1.82) is 0 Å². The third kappa shape index (κ3) is 6.42. The summed E-state index contributed by atoms with van der Waals surface area (Å²) in [6.07, 6.45) is 1.08. The number of halogens is 2. The van der Waals surface area contributed by atoms with Gasteiger partial charge < -0.3 is 4.90 Å². The summed E-state index contributed by atoms with van der Waals surface area (Å²) in [7, 11) is 4.13. The molecule has 0 spiro atoms. The van der Waals surface area contributed by atoms with Crippen molar-refractivity contribution >= 4 is 24.0 Å². The Balaban J connectivity index is 0. The van der Waals surface area contributed by atoms with Crippen molar-refractivity contribution in [3.63, 3.8) is 0 Å². The molecule has 0 bridgehead atoms. The highest BCUT2D eigenvalue weighted by molar-refractivity contribution is 6.17. The first-order valence-electron chi connectivity index (χ1n) is 2.91. The van der Waals surface area contributed by atoms with Gasteiger partial charge in [0, 0.05) is 11.9 Å². The highest BCUT2D eigenvalue weighted by Crippen LogP contribution is 1.98. The lowest BCUT2D eigenvalue weighted by atomic mass is 10.2. The summed E-state index contributed by atoms with van der Waals surface area (Å²) in [6.45, 7) is 2.17. The van der Waals surface area contributed by atoms with E-state index in [2.05, 4.69) is 25.9 Å². The van der Waals surface area contributed by atoms with Gasteiger partial charge in [0.1, 0.15) is 0 Å². The molecule has 1 unspecified atom stereocenters. The van der Waals surface area contributed by atoms with Crippen molar-refractivity contribution in [3.8, 4) is 0 Å². The summed E-state index contributed by atoms with van der Waals surface area (Å²) in [5.41, 5.74) is 0. The molecule has 0 aliphatic rings. The van der Waals surface area contributed by atoms with Crippen molar-refractivity contribution in [3.05, 3.63) is 0 Å². The van der Waals surface area contributed by atoms with E-state index >= 15 is 0 Å². The molecule has 0 aliphatic heterocycles. The van der Waals surface area contributed by atoms with Gasteiger partial charge in [-0.15, -0.1) is 24.0 Å². The molecule has 3 heteroatoms. The van der Waals surface area contributed by atoms with Crippen LogP contribution in [0, 0.1) is 0 Å². The molecule has 0 rings (SSSR count). The van der Waals surface area contributed by atoms with Gasteiger partial charge >= 0.3 is 0 Å². The Hall–Kier alpha value is 0.540. The van der Waals surface area contributed by atoms with Crippen LogP contribution in [0.4, 0.5) is 0 Å². The standard InChI is InChI=1S/C6H14ClN.ClH/c1-6(4-5-7)8(2)3;/h6H,4-5H2,1-3H3;1H. The minimum atomic E-state index is 0. The van der Waals surface area contributed by atoms with Crippen LogP contribution >= 0.6 is 24.0 Å². The Kier molecular flexibility index (Phi) is 9.05. The Labute approximate surface area is 68.8 Å². The van der Waals surface area contributed by atoms with E-state index in [9.17, 15) is 0 Å². The lowest BCUT2D eigenvalue weighted by Gasteiger charge is -2.17. The van der Waals surface area contributed by atoms with Crippen molar-refractivity contribution in [2.75, 3.05) is 20.0 Å². The zero-order valence-electron chi connectivity index (χ0n) is 6.22. The highest BCUT2D eigenvalue weighted by Gasteiger charge is 2.00. The average Bonchev–Trinajstić information content (AvgIpc) is 1.67. The second kappa shape index (κ2) is 6.66. The van der Waals surface area contributed by atoms with E-state index in [1.165, 1.54) is 0 Å². The molecular formula is C6H15Cl2N. The summed E-state index contributed by atoms with van der Waals surface area (Å²) in [6, 6.07) is 0.618. The molecule has 0 saturated heterocycles. The van der Waals surface area contributed by atoms with E-state index < -0.39 is 0 Å². The van der Waals surface area contributed by atoms with Crippen LogP contribution in [0.25, 0.3) is 0 Å². The number of hydrogen-bond acceptors (Lipinski definition) is 1. The Bertz CT molecular complexity index is 57.0. The van der Waals surface area contributed by atoms with Crippen LogP contribution in [0.1, 0.15) is 13.3 Å². The average molecular weight is 172 g/mol. The van der Waals surface area contributed by atoms with Gasteiger partial charge in [-0.25, -0.2) is 0 Å². The molecule has 0 heterocycles. The molecule has 0 N–H and O–H groups in total. The fourth-order valence-corrected chi connectivity index (χ4v) is 0.732. The third-order valence-corrected chi connectivity index (χ3v) is 1.63. The molecule has 9 heavy (non-hydrogen) atoms. The van der Waals surface area contributed by atoms with E-state index in [0.717, 1.165) is 12.3 Å². The van der Waals surface area contributed by atoms with Crippen LogP contribution in [0.15, 0.2) is 0 Å². The molecule has 0 fully saturated rings. The second-order valence-electron chi connectivity index (χ2n) is 2.29. The Morgan fingerprint density at radius 1 is 1.44 bits per heavy atom. The zero-order valence-corrected chi connectivity index (χ0v) is 7.80. The van der Waals surface area contributed by atoms with Crippen LogP contribution < -0.4 is 0 Å². The van der Waals surface area contributed by atoms with Gasteiger partial charge in [0.05, 0.1) is 0 Å². The van der Waals surface area contributed by atoms with E-state index in [1.807, 2.05) is 0 Å². The third-order valence-electron chi connectivity index (χ3n) is 1.41. The largest absolute Gasteiger partial charge is 0.307 e. The van der Waals surface area contributed by atoms with Gasteiger partial charge in [-0.05, 0) is 27.4 Å². The van der Waals surface area contributed by atoms with Gasteiger partial charge in [0.15, 0.2) is 0 Å². The minimum Gasteiger partial charge on any atom is -0.307 e. The molecule has 0 aromatic carbocycles. The highest BCUT2D eigenvalue weighted by atomic mass is 35.5. The zero-order chi connectivity index (χ0) is 6.57. The quantitative estimate of drug-likeness (QED) is 0.588. The van der Waals surface area contributed by atoms with Crippen LogP contribution in [-0.4, -0.2) is 30.9 Å². The van der Waals surface area contributed by atoms with Gasteiger partial charge in [-0.3, -0.25) is 0 Å². The molecule has 1 nitrogen and oxygen atoms in total. The van der Waals surface area contributed by atoms with Crippen molar-refractivity contribution in [1.82, 2.24) is 4.90 Å². The number of alkyl halides is 1. The summed E-state index contributed by atoms with van der Waals surface area (Å²) in [4.78, 5) is 2.17. The maximum Gasteiger partial charge on any atom is 0.0238 e. The first kappa shape index (κ1) is 12.2. The molecule has 0 saturated carbocycles. The van der Waals surface area contributed by atoms with Crippen LogP contribution in [0.2, 0.25) is 0 Å².